The van der Waals surface area contributed by atoms with E-state index >= 15 is 0 Å². The van der Waals surface area contributed by atoms with E-state index in [1.54, 1.807) is 0 Å². The van der Waals surface area contributed by atoms with E-state index in [4.69, 9.17) is 9.47 Å². The summed E-state index contributed by atoms with van der Waals surface area (Å²) in [5.41, 5.74) is 5.66. The number of rotatable bonds is 13. The molecule has 0 aliphatic rings. The van der Waals surface area contributed by atoms with Crippen LogP contribution in [0.3, 0.4) is 0 Å². The molecule has 3 rings (SSSR count). The largest absolute Gasteiger partial charge is 0.494 e. The van der Waals surface area contributed by atoms with Gasteiger partial charge in [-0.1, -0.05) is 100 Å². The van der Waals surface area contributed by atoms with E-state index in [1.807, 2.05) is 26.0 Å². The van der Waals surface area contributed by atoms with E-state index < -0.39 is 0 Å². The summed E-state index contributed by atoms with van der Waals surface area (Å²) in [5, 5.41) is 0. The maximum absolute atomic E-state index is 11.8. The third-order valence-electron chi connectivity index (χ3n) is 6.06. The van der Waals surface area contributed by atoms with Crippen molar-refractivity contribution in [2.45, 2.75) is 71.8 Å². The Morgan fingerprint density at radius 2 is 1.32 bits per heavy atom. The monoisotopic (exact) mass is 458 g/mol. The topological polar surface area (TPSA) is 35.5 Å². The average molecular weight is 459 g/mol. The maximum atomic E-state index is 11.8. The van der Waals surface area contributed by atoms with Gasteiger partial charge in [-0.05, 0) is 59.7 Å². The number of esters is 1. The van der Waals surface area contributed by atoms with Crippen LogP contribution in [0.5, 0.6) is 5.75 Å². The smallest absolute Gasteiger partial charge is 0.306 e. The number of ether oxygens (including phenoxy) is 2. The number of carbonyl (C=O) groups excluding carboxylic acids is 1. The van der Waals surface area contributed by atoms with E-state index in [-0.39, 0.29) is 12.1 Å². The third-order valence-corrected chi connectivity index (χ3v) is 6.06. The molecule has 0 N–H and O–H groups in total. The number of benzene rings is 3. The van der Waals surface area contributed by atoms with Crippen molar-refractivity contribution in [1.29, 1.82) is 0 Å². The van der Waals surface area contributed by atoms with Crippen LogP contribution in [-0.4, -0.2) is 12.6 Å². The predicted octanol–water partition coefficient (Wildman–Crippen LogP) is 8.77. The van der Waals surface area contributed by atoms with Gasteiger partial charge in [-0.2, -0.15) is 0 Å². The zero-order valence-electron chi connectivity index (χ0n) is 20.9. The summed E-state index contributed by atoms with van der Waals surface area (Å²) < 4.78 is 11.5. The van der Waals surface area contributed by atoms with Crippen molar-refractivity contribution in [3.63, 3.8) is 0 Å². The zero-order chi connectivity index (χ0) is 24.2. The molecular formula is C31H38O3. The Kier molecular flexibility index (Phi) is 10.2. The molecule has 0 heterocycles. The second-order valence-electron chi connectivity index (χ2n) is 8.84. The second-order valence-corrected chi connectivity index (χ2v) is 8.84. The Balaban J connectivity index is 1.67. The SMILES string of the molecule is CCCCCCCOc1ccc(-c2ccccc2-c2ccc(C(C)OC(=O)CCC)cc2)cc1. The molecular weight excluding hydrogens is 420 g/mol. The lowest BCUT2D eigenvalue weighted by molar-refractivity contribution is -0.148. The van der Waals surface area contributed by atoms with Crippen LogP contribution in [0.1, 0.15) is 77.4 Å². The normalized spacial score (nSPS) is 11.7. The minimum Gasteiger partial charge on any atom is -0.494 e. The lowest BCUT2D eigenvalue weighted by Crippen LogP contribution is -2.08. The fourth-order valence-corrected chi connectivity index (χ4v) is 4.07. The van der Waals surface area contributed by atoms with Gasteiger partial charge >= 0.3 is 5.97 Å². The van der Waals surface area contributed by atoms with Crippen LogP contribution in [0, 0.1) is 0 Å². The molecule has 0 amide bonds. The lowest BCUT2D eigenvalue weighted by Gasteiger charge is -2.15. The Morgan fingerprint density at radius 1 is 0.735 bits per heavy atom. The summed E-state index contributed by atoms with van der Waals surface area (Å²) in [6, 6.07) is 25.1. The highest BCUT2D eigenvalue weighted by atomic mass is 16.5. The van der Waals surface area contributed by atoms with Gasteiger partial charge < -0.3 is 9.47 Å². The van der Waals surface area contributed by atoms with E-state index in [0.717, 1.165) is 41.9 Å². The summed E-state index contributed by atoms with van der Waals surface area (Å²) in [4.78, 5) is 11.8. The van der Waals surface area contributed by atoms with Gasteiger partial charge in [-0.15, -0.1) is 0 Å². The Labute approximate surface area is 205 Å². The molecule has 0 spiro atoms. The molecule has 3 heteroatoms. The van der Waals surface area contributed by atoms with Crippen molar-refractivity contribution in [1.82, 2.24) is 0 Å². The van der Waals surface area contributed by atoms with Crippen LogP contribution in [-0.2, 0) is 9.53 Å². The summed E-state index contributed by atoms with van der Waals surface area (Å²) in [7, 11) is 0. The first-order chi connectivity index (χ1) is 16.6. The summed E-state index contributed by atoms with van der Waals surface area (Å²) in [6.07, 6.45) is 7.21. The van der Waals surface area contributed by atoms with E-state index in [9.17, 15) is 4.79 Å². The molecule has 3 aromatic rings. The quantitative estimate of drug-likeness (QED) is 0.190. The molecule has 3 nitrogen and oxygen atoms in total. The first-order valence-electron chi connectivity index (χ1n) is 12.7. The Hall–Kier alpha value is -3.07. The Bertz CT molecular complexity index is 1010. The van der Waals surface area contributed by atoms with Crippen molar-refractivity contribution in [3.8, 4) is 28.0 Å². The van der Waals surface area contributed by atoms with Crippen LogP contribution in [0.25, 0.3) is 22.3 Å². The number of hydrogen-bond donors (Lipinski definition) is 0. The molecule has 0 bridgehead atoms. The van der Waals surface area contributed by atoms with Crippen molar-refractivity contribution in [3.05, 3.63) is 78.4 Å². The summed E-state index contributed by atoms with van der Waals surface area (Å²) in [6.45, 7) is 6.91. The molecule has 0 aromatic heterocycles. The van der Waals surface area contributed by atoms with E-state index in [0.29, 0.717) is 6.42 Å². The summed E-state index contributed by atoms with van der Waals surface area (Å²) >= 11 is 0. The van der Waals surface area contributed by atoms with Crippen LogP contribution in [0.2, 0.25) is 0 Å². The second kappa shape index (κ2) is 13.6. The number of unbranched alkanes of at least 4 members (excludes halogenated alkanes) is 4. The van der Waals surface area contributed by atoms with Crippen molar-refractivity contribution in [2.24, 2.45) is 0 Å². The van der Waals surface area contributed by atoms with Crippen LogP contribution in [0.4, 0.5) is 0 Å². The molecule has 34 heavy (non-hydrogen) atoms. The minimum absolute atomic E-state index is 0.145. The summed E-state index contributed by atoms with van der Waals surface area (Å²) in [5.74, 6) is 0.779. The van der Waals surface area contributed by atoms with Crippen molar-refractivity contribution >= 4 is 5.97 Å². The molecule has 0 aliphatic carbocycles. The highest BCUT2D eigenvalue weighted by Gasteiger charge is 2.12. The van der Waals surface area contributed by atoms with Crippen LogP contribution >= 0.6 is 0 Å². The zero-order valence-corrected chi connectivity index (χ0v) is 20.9. The van der Waals surface area contributed by atoms with E-state index in [2.05, 4.69) is 67.6 Å². The van der Waals surface area contributed by atoms with Gasteiger partial charge in [0.15, 0.2) is 0 Å². The molecule has 0 radical (unpaired) electrons. The van der Waals surface area contributed by atoms with Crippen molar-refractivity contribution in [2.75, 3.05) is 6.61 Å². The van der Waals surface area contributed by atoms with Crippen LogP contribution < -0.4 is 4.74 Å². The molecule has 0 saturated heterocycles. The fourth-order valence-electron chi connectivity index (χ4n) is 4.07. The van der Waals surface area contributed by atoms with Gasteiger partial charge in [-0.25, -0.2) is 0 Å². The molecule has 0 saturated carbocycles. The predicted molar refractivity (Wildman–Crippen MR) is 141 cm³/mol. The maximum Gasteiger partial charge on any atom is 0.306 e. The molecule has 0 fully saturated rings. The van der Waals surface area contributed by atoms with Crippen molar-refractivity contribution < 1.29 is 14.3 Å². The molecule has 0 aliphatic heterocycles. The van der Waals surface area contributed by atoms with Gasteiger partial charge in [0.25, 0.3) is 0 Å². The standard InChI is InChI=1S/C31H38O3/c1-4-6-7-8-11-23-33-28-21-19-27(20-22-28)30-14-10-9-13-29(30)26-17-15-25(16-18-26)24(3)34-31(32)12-5-2/h9-10,13-22,24H,4-8,11-12,23H2,1-3H3. The average Bonchev–Trinajstić information content (AvgIpc) is 2.87. The fraction of sp³-hybridized carbons (Fsp3) is 0.387. The minimum atomic E-state index is -0.248. The number of hydrogen-bond acceptors (Lipinski definition) is 3. The van der Waals surface area contributed by atoms with Gasteiger partial charge in [-0.3, -0.25) is 4.79 Å². The molecule has 3 aromatic carbocycles. The highest BCUT2D eigenvalue weighted by molar-refractivity contribution is 5.83. The first kappa shape index (κ1) is 25.6. The van der Waals surface area contributed by atoms with E-state index in [1.165, 1.54) is 36.8 Å². The molecule has 180 valence electrons. The highest BCUT2D eigenvalue weighted by Crippen LogP contribution is 2.33. The third kappa shape index (κ3) is 7.48. The first-order valence-corrected chi connectivity index (χ1v) is 12.7. The van der Waals surface area contributed by atoms with Gasteiger partial charge in [0.1, 0.15) is 11.9 Å². The van der Waals surface area contributed by atoms with Gasteiger partial charge in [0.2, 0.25) is 0 Å². The molecule has 1 unspecified atom stereocenters. The van der Waals surface area contributed by atoms with Crippen LogP contribution in [0.15, 0.2) is 72.8 Å². The molecule has 1 atom stereocenters. The Morgan fingerprint density at radius 3 is 1.91 bits per heavy atom. The lowest BCUT2D eigenvalue weighted by atomic mass is 9.94. The van der Waals surface area contributed by atoms with Gasteiger partial charge in [0, 0.05) is 6.42 Å². The number of carbonyl (C=O) groups is 1. The van der Waals surface area contributed by atoms with Gasteiger partial charge in [0.05, 0.1) is 6.61 Å².